The molecule has 1 aromatic heterocycles. The van der Waals surface area contributed by atoms with E-state index in [-0.39, 0.29) is 5.54 Å². The van der Waals surface area contributed by atoms with Crippen molar-refractivity contribution >= 4 is 17.3 Å². The van der Waals surface area contributed by atoms with Crippen LogP contribution in [0.3, 0.4) is 0 Å². The summed E-state index contributed by atoms with van der Waals surface area (Å²) in [5.41, 5.74) is 3.96. The van der Waals surface area contributed by atoms with Gasteiger partial charge in [-0.15, -0.1) is 11.6 Å². The van der Waals surface area contributed by atoms with Crippen LogP contribution in [-0.4, -0.2) is 10.9 Å². The molecular formula is C16H19ClN2. The van der Waals surface area contributed by atoms with Crippen molar-refractivity contribution in [3.63, 3.8) is 0 Å². The fourth-order valence-corrected chi connectivity index (χ4v) is 2.44. The minimum Gasteiger partial charge on any atom is -0.374 e. The van der Waals surface area contributed by atoms with Gasteiger partial charge in [-0.2, -0.15) is 0 Å². The van der Waals surface area contributed by atoms with E-state index in [0.717, 1.165) is 17.1 Å². The molecule has 1 unspecified atom stereocenters. The van der Waals surface area contributed by atoms with Gasteiger partial charge in [0.05, 0.1) is 5.54 Å². The molecule has 0 amide bonds. The van der Waals surface area contributed by atoms with Crippen LogP contribution in [0, 0.1) is 13.8 Å². The van der Waals surface area contributed by atoms with Crippen LogP contribution in [0.25, 0.3) is 0 Å². The molecule has 0 aliphatic carbocycles. The molecule has 0 radical (unpaired) electrons. The van der Waals surface area contributed by atoms with E-state index in [4.69, 9.17) is 11.6 Å². The second-order valence-electron chi connectivity index (χ2n) is 5.10. The van der Waals surface area contributed by atoms with Gasteiger partial charge in [0, 0.05) is 23.0 Å². The Morgan fingerprint density at radius 1 is 1.11 bits per heavy atom. The van der Waals surface area contributed by atoms with Crippen molar-refractivity contribution in [1.29, 1.82) is 0 Å². The lowest BCUT2D eigenvalue weighted by Crippen LogP contribution is -2.33. The monoisotopic (exact) mass is 274 g/mol. The van der Waals surface area contributed by atoms with Gasteiger partial charge in [0.25, 0.3) is 0 Å². The van der Waals surface area contributed by atoms with Crippen LogP contribution in [0.1, 0.15) is 23.9 Å². The highest BCUT2D eigenvalue weighted by molar-refractivity contribution is 6.18. The summed E-state index contributed by atoms with van der Waals surface area (Å²) in [4.78, 5) is 4.39. The fraction of sp³-hybridized carbons (Fsp3) is 0.312. The normalized spacial score (nSPS) is 13.9. The Kier molecular flexibility index (Phi) is 4.11. The first kappa shape index (κ1) is 13.9. The number of anilines is 1. The van der Waals surface area contributed by atoms with Gasteiger partial charge in [0.1, 0.15) is 0 Å². The van der Waals surface area contributed by atoms with Gasteiger partial charge in [-0.05, 0) is 38.5 Å². The average Bonchev–Trinajstić information content (AvgIpc) is 2.38. The lowest BCUT2D eigenvalue weighted by atomic mass is 9.93. The van der Waals surface area contributed by atoms with Gasteiger partial charge in [-0.3, -0.25) is 4.98 Å². The number of nitrogens with one attached hydrogen (secondary N) is 1. The molecule has 0 bridgehead atoms. The molecule has 0 fully saturated rings. The smallest absolute Gasteiger partial charge is 0.0732 e. The molecule has 0 aliphatic rings. The molecule has 2 aromatic rings. The second kappa shape index (κ2) is 5.62. The van der Waals surface area contributed by atoms with Crippen LogP contribution in [0.5, 0.6) is 0 Å². The van der Waals surface area contributed by atoms with Crippen LogP contribution in [0.2, 0.25) is 0 Å². The SMILES string of the molecule is Cc1cc(NC(C)(CCl)c2ccccc2)cc(C)n1. The molecule has 2 nitrogen and oxygen atoms in total. The molecular weight excluding hydrogens is 256 g/mol. The van der Waals surface area contributed by atoms with E-state index >= 15 is 0 Å². The van der Waals surface area contributed by atoms with Crippen LogP contribution in [0.15, 0.2) is 42.5 Å². The van der Waals surface area contributed by atoms with Crippen molar-refractivity contribution in [1.82, 2.24) is 4.98 Å². The summed E-state index contributed by atoms with van der Waals surface area (Å²) in [6.07, 6.45) is 0. The minimum atomic E-state index is -0.289. The summed E-state index contributed by atoms with van der Waals surface area (Å²) in [6.45, 7) is 6.11. The first-order valence-electron chi connectivity index (χ1n) is 6.38. The van der Waals surface area contributed by atoms with E-state index < -0.39 is 0 Å². The summed E-state index contributed by atoms with van der Waals surface area (Å²) in [6, 6.07) is 14.3. The number of aryl methyl sites for hydroxylation is 2. The highest BCUT2D eigenvalue weighted by Crippen LogP contribution is 2.27. The van der Waals surface area contributed by atoms with Crippen molar-refractivity contribution in [2.45, 2.75) is 26.3 Å². The molecule has 0 aliphatic heterocycles. The van der Waals surface area contributed by atoms with Crippen molar-refractivity contribution < 1.29 is 0 Å². The van der Waals surface area contributed by atoms with Crippen molar-refractivity contribution in [3.8, 4) is 0 Å². The summed E-state index contributed by atoms with van der Waals surface area (Å²) in [5, 5.41) is 3.53. The Morgan fingerprint density at radius 2 is 1.68 bits per heavy atom. The Bertz CT molecular complexity index is 534. The van der Waals surface area contributed by atoms with Crippen LogP contribution in [-0.2, 0) is 5.54 Å². The van der Waals surface area contributed by atoms with E-state index in [0.29, 0.717) is 5.88 Å². The lowest BCUT2D eigenvalue weighted by molar-refractivity contribution is 0.617. The predicted molar refractivity (Wildman–Crippen MR) is 81.8 cm³/mol. The topological polar surface area (TPSA) is 24.9 Å². The Labute approximate surface area is 119 Å². The van der Waals surface area contributed by atoms with Crippen LogP contribution >= 0.6 is 11.6 Å². The third-order valence-corrected chi connectivity index (χ3v) is 3.71. The van der Waals surface area contributed by atoms with Gasteiger partial charge in [0.2, 0.25) is 0 Å². The second-order valence-corrected chi connectivity index (χ2v) is 5.36. The molecule has 0 saturated heterocycles. The van der Waals surface area contributed by atoms with Crippen LogP contribution in [0.4, 0.5) is 5.69 Å². The number of hydrogen-bond donors (Lipinski definition) is 1. The first-order chi connectivity index (χ1) is 9.03. The van der Waals surface area contributed by atoms with Gasteiger partial charge < -0.3 is 5.32 Å². The number of nitrogens with zero attached hydrogens (tertiary/aromatic N) is 1. The van der Waals surface area contributed by atoms with E-state index in [1.54, 1.807) is 0 Å². The fourth-order valence-electron chi connectivity index (χ4n) is 2.21. The number of rotatable bonds is 4. The molecule has 1 atom stereocenters. The molecule has 0 spiro atoms. The van der Waals surface area contributed by atoms with E-state index in [9.17, 15) is 0 Å². The van der Waals surface area contributed by atoms with Crippen molar-refractivity contribution in [3.05, 3.63) is 59.4 Å². The predicted octanol–water partition coefficient (Wildman–Crippen LogP) is 4.26. The molecule has 100 valence electrons. The molecule has 0 saturated carbocycles. The zero-order valence-electron chi connectivity index (χ0n) is 11.6. The highest BCUT2D eigenvalue weighted by atomic mass is 35.5. The highest BCUT2D eigenvalue weighted by Gasteiger charge is 2.25. The van der Waals surface area contributed by atoms with E-state index in [1.165, 1.54) is 5.56 Å². The zero-order valence-corrected chi connectivity index (χ0v) is 12.3. The summed E-state index contributed by atoms with van der Waals surface area (Å²) >= 11 is 6.19. The van der Waals surface area contributed by atoms with Gasteiger partial charge in [0.15, 0.2) is 0 Å². The van der Waals surface area contributed by atoms with E-state index in [1.807, 2.05) is 44.2 Å². The van der Waals surface area contributed by atoms with Crippen molar-refractivity contribution in [2.75, 3.05) is 11.2 Å². The molecule has 1 aromatic carbocycles. The minimum absolute atomic E-state index is 0.289. The first-order valence-corrected chi connectivity index (χ1v) is 6.92. The van der Waals surface area contributed by atoms with Gasteiger partial charge in [-0.25, -0.2) is 0 Å². The molecule has 1 N–H and O–H groups in total. The zero-order chi connectivity index (χ0) is 13.9. The number of halogens is 1. The standard InChI is InChI=1S/C16H19ClN2/c1-12-9-15(10-13(2)18-12)19-16(3,11-17)14-7-5-4-6-8-14/h4-10H,11H2,1-3H3,(H,18,19). The number of aromatic nitrogens is 1. The maximum Gasteiger partial charge on any atom is 0.0732 e. The Morgan fingerprint density at radius 3 is 2.21 bits per heavy atom. The Balaban J connectivity index is 2.33. The molecule has 1 heterocycles. The summed E-state index contributed by atoms with van der Waals surface area (Å²) < 4.78 is 0. The lowest BCUT2D eigenvalue weighted by Gasteiger charge is -2.30. The molecule has 3 heteroatoms. The molecule has 19 heavy (non-hydrogen) atoms. The van der Waals surface area contributed by atoms with Gasteiger partial charge >= 0.3 is 0 Å². The summed E-state index contributed by atoms with van der Waals surface area (Å²) in [7, 11) is 0. The number of hydrogen-bond acceptors (Lipinski definition) is 2. The van der Waals surface area contributed by atoms with Gasteiger partial charge in [-0.1, -0.05) is 30.3 Å². The van der Waals surface area contributed by atoms with E-state index in [2.05, 4.69) is 29.4 Å². The maximum atomic E-state index is 6.19. The number of alkyl halides is 1. The van der Waals surface area contributed by atoms with Crippen LogP contribution < -0.4 is 5.32 Å². The maximum absolute atomic E-state index is 6.19. The third kappa shape index (κ3) is 3.27. The summed E-state index contributed by atoms with van der Waals surface area (Å²) in [5.74, 6) is 0.497. The third-order valence-electron chi connectivity index (χ3n) is 3.18. The number of benzene rings is 1. The quantitative estimate of drug-likeness (QED) is 0.843. The van der Waals surface area contributed by atoms with Crippen molar-refractivity contribution in [2.24, 2.45) is 0 Å². The Hall–Kier alpha value is -1.54. The molecule has 2 rings (SSSR count). The average molecular weight is 275 g/mol. The largest absolute Gasteiger partial charge is 0.374 e. The number of pyridine rings is 1.